The molecule has 2 aromatic rings. The summed E-state index contributed by atoms with van der Waals surface area (Å²) in [7, 11) is -3.54. The van der Waals surface area contributed by atoms with Crippen LogP contribution in [0.3, 0.4) is 0 Å². The van der Waals surface area contributed by atoms with Crippen molar-refractivity contribution in [2.75, 3.05) is 19.0 Å². The molecule has 0 unspecified atom stereocenters. The molecule has 1 heterocycles. The van der Waals surface area contributed by atoms with Crippen LogP contribution in [-0.2, 0) is 10.0 Å². The number of rotatable bonds is 6. The van der Waals surface area contributed by atoms with Crippen molar-refractivity contribution >= 4 is 32.5 Å². The third kappa shape index (κ3) is 2.95. The minimum Gasteiger partial charge on any atom is -0.256 e. The van der Waals surface area contributed by atoms with E-state index in [1.165, 1.54) is 4.31 Å². The summed E-state index contributed by atoms with van der Waals surface area (Å²) >= 11 is 5.73. The Bertz CT molecular complexity index is 677. The molecule has 0 N–H and O–H groups in total. The summed E-state index contributed by atoms with van der Waals surface area (Å²) < 4.78 is 27.0. The Morgan fingerprint density at radius 1 is 1.20 bits per heavy atom. The van der Waals surface area contributed by atoms with Gasteiger partial charge in [0.2, 0.25) is 10.0 Å². The lowest BCUT2D eigenvalue weighted by molar-refractivity contribution is 0.429. The van der Waals surface area contributed by atoms with Gasteiger partial charge in [-0.05, 0) is 30.7 Å². The second kappa shape index (κ2) is 6.52. The van der Waals surface area contributed by atoms with Crippen molar-refractivity contribution in [3.63, 3.8) is 0 Å². The van der Waals surface area contributed by atoms with Gasteiger partial charge in [-0.3, -0.25) is 4.98 Å². The van der Waals surface area contributed by atoms with Crippen molar-refractivity contribution in [1.82, 2.24) is 9.29 Å². The van der Waals surface area contributed by atoms with E-state index in [1.54, 1.807) is 36.5 Å². The Kier molecular flexibility index (Phi) is 4.96. The van der Waals surface area contributed by atoms with Gasteiger partial charge in [-0.25, -0.2) is 8.42 Å². The number of pyridine rings is 1. The molecule has 0 amide bonds. The van der Waals surface area contributed by atoms with Gasteiger partial charge in [0.15, 0.2) is 0 Å². The van der Waals surface area contributed by atoms with Crippen LogP contribution in [0.1, 0.15) is 13.3 Å². The van der Waals surface area contributed by atoms with Crippen LogP contribution in [0.25, 0.3) is 10.9 Å². The van der Waals surface area contributed by atoms with E-state index in [4.69, 9.17) is 11.6 Å². The molecule has 0 atom stereocenters. The molecule has 0 spiro atoms. The lowest BCUT2D eigenvalue weighted by Crippen LogP contribution is -2.33. The second-order valence-electron chi connectivity index (χ2n) is 4.42. The lowest BCUT2D eigenvalue weighted by Gasteiger charge is -2.21. The van der Waals surface area contributed by atoms with Crippen LogP contribution < -0.4 is 0 Å². The number of nitrogens with zero attached hydrogens (tertiary/aromatic N) is 2. The predicted octanol–water partition coefficient (Wildman–Crippen LogP) is 2.87. The molecule has 0 saturated heterocycles. The fourth-order valence-electron chi connectivity index (χ4n) is 2.13. The zero-order chi connectivity index (χ0) is 14.6. The van der Waals surface area contributed by atoms with Crippen molar-refractivity contribution in [3.8, 4) is 0 Å². The molecule has 0 aliphatic rings. The van der Waals surface area contributed by atoms with E-state index in [-0.39, 0.29) is 5.88 Å². The maximum atomic E-state index is 12.8. The molecular weight excluding hydrogens is 296 g/mol. The SMILES string of the molecule is CCCN(CCCl)S(=O)(=O)c1cccc2ncccc12. The van der Waals surface area contributed by atoms with Crippen molar-refractivity contribution in [3.05, 3.63) is 36.5 Å². The smallest absolute Gasteiger partial charge is 0.243 e. The summed E-state index contributed by atoms with van der Waals surface area (Å²) in [4.78, 5) is 4.49. The summed E-state index contributed by atoms with van der Waals surface area (Å²) in [6.45, 7) is 2.72. The van der Waals surface area contributed by atoms with Crippen LogP contribution >= 0.6 is 11.6 Å². The molecule has 1 aromatic carbocycles. The van der Waals surface area contributed by atoms with Gasteiger partial charge in [0.1, 0.15) is 0 Å². The topological polar surface area (TPSA) is 50.3 Å². The van der Waals surface area contributed by atoms with Crippen molar-refractivity contribution in [2.24, 2.45) is 0 Å². The molecule has 6 heteroatoms. The van der Waals surface area contributed by atoms with E-state index in [0.717, 1.165) is 6.42 Å². The van der Waals surface area contributed by atoms with Gasteiger partial charge in [-0.2, -0.15) is 4.31 Å². The number of alkyl halides is 1. The standard InChI is InChI=1S/C14H17ClN2O2S/c1-2-10-17(11-8-15)20(18,19)14-7-3-6-13-12(14)5-4-9-16-13/h3-7,9H,2,8,10-11H2,1H3. The van der Waals surface area contributed by atoms with Gasteiger partial charge in [0.05, 0.1) is 10.4 Å². The maximum absolute atomic E-state index is 12.8. The molecule has 0 bridgehead atoms. The van der Waals surface area contributed by atoms with Crippen molar-refractivity contribution in [2.45, 2.75) is 18.2 Å². The molecule has 0 fully saturated rings. The fourth-order valence-corrected chi connectivity index (χ4v) is 4.17. The molecule has 0 saturated carbocycles. The maximum Gasteiger partial charge on any atom is 0.243 e. The van der Waals surface area contributed by atoms with E-state index >= 15 is 0 Å². The van der Waals surface area contributed by atoms with E-state index in [0.29, 0.717) is 28.9 Å². The quantitative estimate of drug-likeness (QED) is 0.771. The summed E-state index contributed by atoms with van der Waals surface area (Å²) in [6.07, 6.45) is 2.40. The highest BCUT2D eigenvalue weighted by Gasteiger charge is 2.25. The Hall–Kier alpha value is -1.17. The Balaban J connectivity index is 2.56. The summed E-state index contributed by atoms with van der Waals surface area (Å²) in [6, 6.07) is 8.66. The highest BCUT2D eigenvalue weighted by molar-refractivity contribution is 7.89. The van der Waals surface area contributed by atoms with Gasteiger partial charge in [0.25, 0.3) is 0 Å². The number of halogens is 1. The molecule has 0 radical (unpaired) electrons. The number of sulfonamides is 1. The van der Waals surface area contributed by atoms with Crippen molar-refractivity contribution in [1.29, 1.82) is 0 Å². The Labute approximate surface area is 124 Å². The Morgan fingerprint density at radius 2 is 2.00 bits per heavy atom. The molecule has 0 aliphatic heterocycles. The highest BCUT2D eigenvalue weighted by Crippen LogP contribution is 2.24. The molecule has 2 rings (SSSR count). The largest absolute Gasteiger partial charge is 0.256 e. The molecule has 1 aromatic heterocycles. The third-order valence-electron chi connectivity index (χ3n) is 3.03. The second-order valence-corrected chi connectivity index (χ2v) is 6.70. The van der Waals surface area contributed by atoms with Crippen LogP contribution in [0, 0.1) is 0 Å². The van der Waals surface area contributed by atoms with Gasteiger partial charge in [-0.15, -0.1) is 11.6 Å². The average molecular weight is 313 g/mol. The highest BCUT2D eigenvalue weighted by atomic mass is 35.5. The van der Waals surface area contributed by atoms with Gasteiger partial charge < -0.3 is 0 Å². The molecule has 20 heavy (non-hydrogen) atoms. The summed E-state index contributed by atoms with van der Waals surface area (Å²) in [5.74, 6) is 0.280. The van der Waals surface area contributed by atoms with Crippen LogP contribution in [0.5, 0.6) is 0 Å². The first-order valence-corrected chi connectivity index (χ1v) is 8.48. The molecular formula is C14H17ClN2O2S. The minimum absolute atomic E-state index is 0.280. The number of hydrogen-bond acceptors (Lipinski definition) is 3. The zero-order valence-corrected chi connectivity index (χ0v) is 12.9. The lowest BCUT2D eigenvalue weighted by atomic mass is 10.2. The first kappa shape index (κ1) is 15.2. The van der Waals surface area contributed by atoms with Gasteiger partial charge in [0, 0.05) is 30.6 Å². The van der Waals surface area contributed by atoms with E-state index in [9.17, 15) is 8.42 Å². The fraction of sp³-hybridized carbons (Fsp3) is 0.357. The third-order valence-corrected chi connectivity index (χ3v) is 5.16. The minimum atomic E-state index is -3.54. The molecule has 4 nitrogen and oxygen atoms in total. The van der Waals surface area contributed by atoms with Crippen LogP contribution in [0.15, 0.2) is 41.4 Å². The van der Waals surface area contributed by atoms with Crippen molar-refractivity contribution < 1.29 is 8.42 Å². The number of fused-ring (bicyclic) bond motifs is 1. The predicted molar refractivity (Wildman–Crippen MR) is 81.5 cm³/mol. The van der Waals surface area contributed by atoms with Crippen LogP contribution in [0.2, 0.25) is 0 Å². The monoisotopic (exact) mass is 312 g/mol. The van der Waals surface area contributed by atoms with E-state index in [1.807, 2.05) is 6.92 Å². The van der Waals surface area contributed by atoms with E-state index < -0.39 is 10.0 Å². The van der Waals surface area contributed by atoms with E-state index in [2.05, 4.69) is 4.98 Å². The molecule has 108 valence electrons. The number of hydrogen-bond donors (Lipinski definition) is 0. The first-order chi connectivity index (χ1) is 9.61. The summed E-state index contributed by atoms with van der Waals surface area (Å²) in [5, 5.41) is 0.644. The van der Waals surface area contributed by atoms with Crippen LogP contribution in [-0.4, -0.2) is 36.7 Å². The Morgan fingerprint density at radius 3 is 2.70 bits per heavy atom. The first-order valence-electron chi connectivity index (χ1n) is 6.51. The van der Waals surface area contributed by atoms with Gasteiger partial charge in [-0.1, -0.05) is 13.0 Å². The summed E-state index contributed by atoms with van der Waals surface area (Å²) in [5.41, 5.74) is 0.677. The van der Waals surface area contributed by atoms with Gasteiger partial charge >= 0.3 is 0 Å². The zero-order valence-electron chi connectivity index (χ0n) is 11.3. The average Bonchev–Trinajstić information content (AvgIpc) is 2.46. The normalized spacial score (nSPS) is 12.2. The number of benzene rings is 1. The molecule has 0 aliphatic carbocycles. The van der Waals surface area contributed by atoms with Crippen LogP contribution in [0.4, 0.5) is 0 Å². The number of aromatic nitrogens is 1.